The second-order valence-electron chi connectivity index (χ2n) is 16.3. The van der Waals surface area contributed by atoms with Gasteiger partial charge in [-0.15, -0.1) is 0 Å². The van der Waals surface area contributed by atoms with E-state index in [1.807, 2.05) is 12.1 Å². The quantitative estimate of drug-likeness (QED) is 0.167. The van der Waals surface area contributed by atoms with Gasteiger partial charge in [0.05, 0.1) is 0 Å². The van der Waals surface area contributed by atoms with E-state index in [-0.39, 0.29) is 6.71 Å². The van der Waals surface area contributed by atoms with Crippen molar-refractivity contribution in [1.82, 2.24) is 0 Å². The first kappa shape index (κ1) is 32.4. The highest BCUT2D eigenvalue weighted by Gasteiger charge is 2.56. The number of fused-ring (bicyclic) bond motifs is 6. The van der Waals surface area contributed by atoms with Crippen molar-refractivity contribution in [1.29, 1.82) is 0 Å². The van der Waals surface area contributed by atoms with Crippen LogP contribution in [0, 0.1) is 0 Å². The number of benzene rings is 9. The van der Waals surface area contributed by atoms with Gasteiger partial charge >= 0.3 is 0 Å². The topological polar surface area (TPSA) is 32.8 Å². The molecule has 0 aliphatic carbocycles. The summed E-state index contributed by atoms with van der Waals surface area (Å²) in [5.74, 6) is 0. The van der Waals surface area contributed by atoms with E-state index in [2.05, 4.69) is 198 Å². The average Bonchev–Trinajstić information content (AvgIpc) is 3.87. The fourth-order valence-corrected chi connectivity index (χ4v) is 16.5. The zero-order chi connectivity index (χ0) is 39.1. The van der Waals surface area contributed by atoms with E-state index in [4.69, 9.17) is 8.83 Å². The second kappa shape index (κ2) is 11.8. The van der Waals surface area contributed by atoms with E-state index in [0.717, 1.165) is 55.3 Å². The van der Waals surface area contributed by atoms with Crippen LogP contribution in [-0.4, -0.2) is 14.8 Å². The highest BCUT2D eigenvalue weighted by molar-refractivity contribution is 7.27. The Kier molecular flexibility index (Phi) is 6.37. The Hall–Kier alpha value is -7.54. The summed E-state index contributed by atoms with van der Waals surface area (Å²) in [4.78, 5) is 5.02. The number of para-hydroxylation sites is 2. The van der Waals surface area contributed by atoms with Crippen LogP contribution in [0.3, 0.4) is 0 Å². The van der Waals surface area contributed by atoms with Gasteiger partial charge < -0.3 is 18.6 Å². The van der Waals surface area contributed by atoms with Gasteiger partial charge in [0.2, 0.25) is 0 Å². The average molecular weight is 781 g/mol. The number of hydrogen-bond donors (Lipinski definition) is 0. The van der Waals surface area contributed by atoms with Crippen molar-refractivity contribution in [2.45, 2.75) is 0 Å². The van der Waals surface area contributed by atoms with Gasteiger partial charge in [-0.2, -0.15) is 0 Å². The van der Waals surface area contributed by atoms with Crippen molar-refractivity contribution in [2.24, 2.45) is 0 Å². The predicted molar refractivity (Wildman–Crippen MR) is 252 cm³/mol. The lowest BCUT2D eigenvalue weighted by molar-refractivity contribution is 0.668. The van der Waals surface area contributed by atoms with Crippen LogP contribution in [0.1, 0.15) is 0 Å². The molecule has 6 heteroatoms. The first-order valence-corrected chi connectivity index (χ1v) is 22.7. The molecule has 0 fully saturated rings. The molecule has 0 atom stereocenters. The lowest BCUT2D eigenvalue weighted by Crippen LogP contribution is -2.88. The molecule has 60 heavy (non-hydrogen) atoms. The second-order valence-corrected chi connectivity index (χ2v) is 20.1. The zero-order valence-corrected chi connectivity index (χ0v) is 33.3. The number of nitrogens with zero attached hydrogens (tertiary/aromatic N) is 2. The third-order valence-corrected chi connectivity index (χ3v) is 18.4. The minimum atomic E-state index is -2.94. The van der Waals surface area contributed by atoms with Gasteiger partial charge in [-0.3, -0.25) is 0 Å². The summed E-state index contributed by atoms with van der Waals surface area (Å²) in [6, 6.07) is 74.0. The largest absolute Gasteiger partial charge is 0.456 e. The van der Waals surface area contributed by atoms with E-state index in [1.165, 1.54) is 59.9 Å². The third-order valence-electron chi connectivity index (χ3n) is 13.5. The molecule has 0 amide bonds. The van der Waals surface area contributed by atoms with E-state index in [0.29, 0.717) is 0 Å². The molecule has 11 aromatic rings. The summed E-state index contributed by atoms with van der Waals surface area (Å²) in [7, 11) is -2.94. The van der Waals surface area contributed by atoms with Gasteiger partial charge in [0.1, 0.15) is 22.3 Å². The van der Waals surface area contributed by atoms with E-state index >= 15 is 0 Å². The summed E-state index contributed by atoms with van der Waals surface area (Å²) in [6.45, 7) is 0.0269. The molecule has 0 N–H and O–H groups in total. The maximum Gasteiger partial charge on any atom is 0.251 e. The Morgan fingerprint density at radius 2 is 0.733 bits per heavy atom. The van der Waals surface area contributed by atoms with Gasteiger partial charge in [-0.1, -0.05) is 127 Å². The van der Waals surface area contributed by atoms with Crippen LogP contribution < -0.4 is 46.9 Å². The Labute approximate surface area is 347 Å². The number of anilines is 6. The Morgan fingerprint density at radius 1 is 0.333 bits per heavy atom. The Morgan fingerprint density at radius 3 is 1.22 bits per heavy atom. The number of rotatable bonds is 4. The van der Waals surface area contributed by atoms with Crippen molar-refractivity contribution in [3.63, 3.8) is 0 Å². The van der Waals surface area contributed by atoms with Crippen molar-refractivity contribution in [2.75, 3.05) is 9.80 Å². The summed E-state index contributed by atoms with van der Waals surface area (Å²) < 4.78 is 13.1. The van der Waals surface area contributed by atoms with Gasteiger partial charge in [-0.25, -0.2) is 0 Å². The maximum atomic E-state index is 6.56. The molecule has 5 heterocycles. The normalized spacial score (nSPS) is 14.4. The molecule has 9 aromatic carbocycles. The van der Waals surface area contributed by atoms with E-state index < -0.39 is 8.07 Å². The van der Waals surface area contributed by atoms with Crippen LogP contribution in [0.2, 0.25) is 0 Å². The van der Waals surface area contributed by atoms with Crippen molar-refractivity contribution in [3.05, 3.63) is 200 Å². The van der Waals surface area contributed by atoms with Crippen LogP contribution in [0.4, 0.5) is 34.1 Å². The summed E-state index contributed by atoms with van der Waals surface area (Å²) >= 11 is 0. The fourth-order valence-electron chi connectivity index (χ4n) is 11.3. The van der Waals surface area contributed by atoms with Gasteiger partial charge in [0.25, 0.3) is 6.71 Å². The summed E-state index contributed by atoms with van der Waals surface area (Å²) in [6.07, 6.45) is 0. The Bertz CT molecular complexity index is 3360. The van der Waals surface area contributed by atoms with E-state index in [9.17, 15) is 0 Å². The molecule has 0 radical (unpaired) electrons. The summed E-state index contributed by atoms with van der Waals surface area (Å²) in [5.41, 5.74) is 14.6. The van der Waals surface area contributed by atoms with Crippen LogP contribution >= 0.6 is 0 Å². The maximum absolute atomic E-state index is 6.56. The molecule has 2 aromatic heterocycles. The highest BCUT2D eigenvalue weighted by Crippen LogP contribution is 2.46. The lowest BCUT2D eigenvalue weighted by Gasteiger charge is -2.51. The van der Waals surface area contributed by atoms with E-state index in [1.54, 1.807) is 0 Å². The molecule has 0 bridgehead atoms. The molecule has 0 spiro atoms. The van der Waals surface area contributed by atoms with Crippen LogP contribution in [0.25, 0.3) is 43.9 Å². The molecule has 4 nitrogen and oxygen atoms in total. The van der Waals surface area contributed by atoms with Gasteiger partial charge in [0.15, 0.2) is 8.07 Å². The molecular weight excluding hydrogens is 748 g/mol. The van der Waals surface area contributed by atoms with Gasteiger partial charge in [-0.05, 0) is 97.8 Å². The first-order chi connectivity index (χ1) is 29.8. The number of furan rings is 2. The fraction of sp³-hybridized carbons (Fsp3) is 0. The van der Waals surface area contributed by atoms with Crippen molar-refractivity contribution >= 4 is 130 Å². The Balaban J connectivity index is 1.12. The molecule has 14 rings (SSSR count). The number of hydrogen-bond acceptors (Lipinski definition) is 4. The zero-order valence-electron chi connectivity index (χ0n) is 32.3. The highest BCUT2D eigenvalue weighted by atomic mass is 28.3. The SMILES string of the molecule is c1ccc([Si]2(c3ccccc3)c3cccc4c3B3c5c(cccc5N(c5ccc6c(c5)oc5ccccc56)c5cccc2c53)N4c2ccc3c(c2)oc2ccccc23)cc1. The third kappa shape index (κ3) is 4.06. The first-order valence-electron chi connectivity index (χ1n) is 20.7. The molecule has 0 saturated heterocycles. The van der Waals surface area contributed by atoms with Crippen LogP contribution in [-0.2, 0) is 0 Å². The van der Waals surface area contributed by atoms with Crippen LogP contribution in [0.15, 0.2) is 209 Å². The standard InChI is InChI=1S/C54H33BN2O2Si/c1-3-14-36(15-4-1)60(37-16-5-2-6-17-37)50-26-12-22-44-53(50)55-52-42(56(44)34-28-30-40-38-18-7-9-24-46(38)58-48(40)32-34)20-11-21-43(52)57(45-23-13-27-51(60)54(45)55)35-29-31-41-39-19-8-10-25-47(39)59-49(41)33-35/h1-33H. The monoisotopic (exact) mass is 780 g/mol. The lowest BCUT2D eigenvalue weighted by atomic mass is 9.33. The molecule has 3 aliphatic rings. The molecule has 0 unspecified atom stereocenters. The molecule has 3 aliphatic heterocycles. The van der Waals surface area contributed by atoms with Crippen molar-refractivity contribution in [3.8, 4) is 0 Å². The van der Waals surface area contributed by atoms with Crippen molar-refractivity contribution < 1.29 is 8.83 Å². The van der Waals surface area contributed by atoms with Crippen LogP contribution in [0.5, 0.6) is 0 Å². The molecule has 278 valence electrons. The minimum Gasteiger partial charge on any atom is -0.456 e. The predicted octanol–water partition coefficient (Wildman–Crippen LogP) is 9.26. The molecule has 0 saturated carbocycles. The minimum absolute atomic E-state index is 0.0269. The summed E-state index contributed by atoms with van der Waals surface area (Å²) in [5, 5.41) is 10.2. The molecular formula is C54H33BN2O2Si. The van der Waals surface area contributed by atoms with Gasteiger partial charge in [0, 0.05) is 67.8 Å². The smallest absolute Gasteiger partial charge is 0.251 e.